The van der Waals surface area contributed by atoms with Gasteiger partial charge in [-0.05, 0) is 71.1 Å². The summed E-state index contributed by atoms with van der Waals surface area (Å²) < 4.78 is 18.8. The first kappa shape index (κ1) is 18.7. The Bertz CT molecular complexity index is 572. The highest BCUT2D eigenvalue weighted by Crippen LogP contribution is 2.39. The second kappa shape index (κ2) is 6.71. The first-order valence-electron chi connectivity index (χ1n) is 8.45. The van der Waals surface area contributed by atoms with Gasteiger partial charge in [-0.1, -0.05) is 12.1 Å². The number of amides is 1. The van der Waals surface area contributed by atoms with Gasteiger partial charge in [0.15, 0.2) is 0 Å². The zero-order valence-electron chi connectivity index (χ0n) is 15.2. The van der Waals surface area contributed by atoms with Crippen LogP contribution < -0.4 is 0 Å². The van der Waals surface area contributed by atoms with E-state index in [-0.39, 0.29) is 23.9 Å². The Balaban J connectivity index is 2.28. The molecule has 2 rings (SSSR count). The summed E-state index contributed by atoms with van der Waals surface area (Å²) in [6.07, 6.45) is 0.959. The lowest BCUT2D eigenvalue weighted by Crippen LogP contribution is -2.47. The average molecular weight is 337 g/mol. The Morgan fingerprint density at radius 2 is 1.79 bits per heavy atom. The van der Waals surface area contributed by atoms with Crippen LogP contribution in [0.1, 0.15) is 59.1 Å². The van der Waals surface area contributed by atoms with Crippen LogP contribution in [0.5, 0.6) is 0 Å². The number of hydrogen-bond acceptors (Lipinski definition) is 3. The van der Waals surface area contributed by atoms with Gasteiger partial charge < -0.3 is 14.7 Å². The van der Waals surface area contributed by atoms with Crippen molar-refractivity contribution in [3.8, 4) is 0 Å². The molecule has 0 saturated carbocycles. The number of rotatable bonds is 2. The minimum Gasteiger partial charge on any atom is -0.444 e. The van der Waals surface area contributed by atoms with E-state index in [1.165, 1.54) is 12.1 Å². The lowest BCUT2D eigenvalue weighted by Gasteiger charge is -2.43. The summed E-state index contributed by atoms with van der Waals surface area (Å²) in [6.45, 7) is 9.60. The number of likely N-dealkylation sites (tertiary alicyclic amines) is 1. The van der Waals surface area contributed by atoms with Crippen LogP contribution in [0, 0.1) is 11.7 Å². The van der Waals surface area contributed by atoms with E-state index in [4.69, 9.17) is 4.74 Å². The van der Waals surface area contributed by atoms with Crippen molar-refractivity contribution in [2.24, 2.45) is 5.92 Å². The standard InChI is InChI=1S/C19H28FNO3/c1-18(2,3)24-17(22)21-11-10-14(19(4,5)23)12-16(21)13-6-8-15(20)9-7-13/h6-9,14,16,23H,10-12H2,1-5H3/t14?,16-/m1/s1. The van der Waals surface area contributed by atoms with Gasteiger partial charge in [0.1, 0.15) is 11.4 Å². The van der Waals surface area contributed by atoms with E-state index in [9.17, 15) is 14.3 Å². The molecule has 1 amide bonds. The Labute approximate surface area is 143 Å². The number of ether oxygens (including phenoxy) is 1. The molecule has 24 heavy (non-hydrogen) atoms. The predicted octanol–water partition coefficient (Wildman–Crippen LogP) is 4.28. The van der Waals surface area contributed by atoms with Gasteiger partial charge in [0, 0.05) is 6.54 Å². The summed E-state index contributed by atoms with van der Waals surface area (Å²) >= 11 is 0. The molecule has 1 fully saturated rings. The lowest BCUT2D eigenvalue weighted by atomic mass is 9.78. The second-order valence-electron chi connectivity index (χ2n) is 8.12. The number of hydrogen-bond donors (Lipinski definition) is 1. The Morgan fingerprint density at radius 1 is 1.21 bits per heavy atom. The highest BCUT2D eigenvalue weighted by molar-refractivity contribution is 5.69. The molecular weight excluding hydrogens is 309 g/mol. The molecule has 0 spiro atoms. The molecule has 1 unspecified atom stereocenters. The summed E-state index contributed by atoms with van der Waals surface area (Å²) in [4.78, 5) is 14.3. The Hall–Kier alpha value is -1.62. The summed E-state index contributed by atoms with van der Waals surface area (Å²) in [6, 6.07) is 5.96. The fourth-order valence-electron chi connectivity index (χ4n) is 3.15. The third-order valence-corrected chi connectivity index (χ3v) is 4.48. The molecule has 4 nitrogen and oxygen atoms in total. The van der Waals surface area contributed by atoms with Crippen LogP contribution in [-0.2, 0) is 4.74 Å². The third kappa shape index (κ3) is 4.69. The molecule has 0 aliphatic carbocycles. The molecule has 0 radical (unpaired) electrons. The van der Waals surface area contributed by atoms with E-state index in [0.717, 1.165) is 5.56 Å². The van der Waals surface area contributed by atoms with Crippen molar-refractivity contribution in [1.82, 2.24) is 4.90 Å². The van der Waals surface area contributed by atoms with Crippen molar-refractivity contribution >= 4 is 6.09 Å². The summed E-state index contributed by atoms with van der Waals surface area (Å²) in [5.74, 6) is -0.247. The van der Waals surface area contributed by atoms with Crippen LogP contribution in [0.4, 0.5) is 9.18 Å². The number of nitrogens with zero attached hydrogens (tertiary/aromatic N) is 1. The van der Waals surface area contributed by atoms with Crippen LogP contribution in [0.2, 0.25) is 0 Å². The van der Waals surface area contributed by atoms with Crippen LogP contribution in [-0.4, -0.2) is 33.8 Å². The predicted molar refractivity (Wildman–Crippen MR) is 91.1 cm³/mol. The van der Waals surface area contributed by atoms with Gasteiger partial charge in [-0.3, -0.25) is 0 Å². The van der Waals surface area contributed by atoms with E-state index in [2.05, 4.69) is 0 Å². The first-order chi connectivity index (χ1) is 11.0. The molecule has 0 aromatic heterocycles. The number of halogens is 1. The highest BCUT2D eigenvalue weighted by Gasteiger charge is 2.39. The smallest absolute Gasteiger partial charge is 0.410 e. The maximum atomic E-state index is 13.3. The first-order valence-corrected chi connectivity index (χ1v) is 8.45. The van der Waals surface area contributed by atoms with Crippen molar-refractivity contribution in [1.29, 1.82) is 0 Å². The van der Waals surface area contributed by atoms with Crippen molar-refractivity contribution in [2.45, 2.75) is 64.7 Å². The minimum atomic E-state index is -0.821. The summed E-state index contributed by atoms with van der Waals surface area (Å²) in [7, 11) is 0. The molecule has 1 aromatic rings. The SMILES string of the molecule is CC(C)(C)OC(=O)N1CCC(C(C)(C)O)C[C@@H]1c1ccc(F)cc1. The van der Waals surface area contributed by atoms with E-state index in [0.29, 0.717) is 19.4 Å². The van der Waals surface area contributed by atoms with E-state index in [1.807, 2.05) is 20.8 Å². The van der Waals surface area contributed by atoms with Crippen LogP contribution >= 0.6 is 0 Å². The number of piperidine rings is 1. The molecule has 1 aliphatic heterocycles. The van der Waals surface area contributed by atoms with Crippen molar-refractivity contribution < 1.29 is 19.0 Å². The van der Waals surface area contributed by atoms with E-state index in [1.54, 1.807) is 30.9 Å². The number of carbonyl (C=O) groups excluding carboxylic acids is 1. The monoisotopic (exact) mass is 337 g/mol. The zero-order chi connectivity index (χ0) is 18.1. The molecule has 1 aromatic carbocycles. The molecule has 1 heterocycles. The molecule has 1 aliphatic rings. The van der Waals surface area contributed by atoms with Gasteiger partial charge in [0.2, 0.25) is 0 Å². The lowest BCUT2D eigenvalue weighted by molar-refractivity contribution is -0.0398. The summed E-state index contributed by atoms with van der Waals surface area (Å²) in [5.41, 5.74) is -0.535. The highest BCUT2D eigenvalue weighted by atomic mass is 19.1. The number of benzene rings is 1. The second-order valence-corrected chi connectivity index (χ2v) is 8.12. The average Bonchev–Trinajstić information content (AvgIpc) is 2.44. The van der Waals surface area contributed by atoms with Gasteiger partial charge in [0.25, 0.3) is 0 Å². The normalized spacial score (nSPS) is 22.4. The number of carbonyl (C=O) groups is 1. The van der Waals surface area contributed by atoms with Crippen LogP contribution in [0.25, 0.3) is 0 Å². The van der Waals surface area contributed by atoms with Gasteiger partial charge in [0.05, 0.1) is 11.6 Å². The topological polar surface area (TPSA) is 49.8 Å². The minimum absolute atomic E-state index is 0.0613. The molecule has 2 atom stereocenters. The fourth-order valence-corrected chi connectivity index (χ4v) is 3.15. The molecule has 5 heteroatoms. The largest absolute Gasteiger partial charge is 0.444 e. The third-order valence-electron chi connectivity index (χ3n) is 4.48. The quantitative estimate of drug-likeness (QED) is 0.876. The van der Waals surface area contributed by atoms with E-state index < -0.39 is 11.2 Å². The molecule has 1 saturated heterocycles. The van der Waals surface area contributed by atoms with Crippen molar-refractivity contribution in [2.75, 3.05) is 6.54 Å². The van der Waals surface area contributed by atoms with Gasteiger partial charge in [-0.25, -0.2) is 9.18 Å². The van der Waals surface area contributed by atoms with Crippen LogP contribution in [0.15, 0.2) is 24.3 Å². The maximum Gasteiger partial charge on any atom is 0.410 e. The fraction of sp³-hybridized carbons (Fsp3) is 0.632. The Kier molecular flexibility index (Phi) is 5.23. The molecule has 1 N–H and O–H groups in total. The maximum absolute atomic E-state index is 13.3. The van der Waals surface area contributed by atoms with Crippen molar-refractivity contribution in [3.05, 3.63) is 35.6 Å². The molecule has 134 valence electrons. The van der Waals surface area contributed by atoms with Gasteiger partial charge >= 0.3 is 6.09 Å². The summed E-state index contributed by atoms with van der Waals surface area (Å²) in [5, 5.41) is 10.4. The zero-order valence-corrected chi connectivity index (χ0v) is 15.2. The molecule has 0 bridgehead atoms. The number of aliphatic hydroxyl groups is 1. The van der Waals surface area contributed by atoms with Crippen molar-refractivity contribution in [3.63, 3.8) is 0 Å². The molecular formula is C19H28FNO3. The Morgan fingerprint density at radius 3 is 2.29 bits per heavy atom. The van der Waals surface area contributed by atoms with Crippen LogP contribution in [0.3, 0.4) is 0 Å². The van der Waals surface area contributed by atoms with Gasteiger partial charge in [-0.2, -0.15) is 0 Å². The van der Waals surface area contributed by atoms with E-state index >= 15 is 0 Å². The van der Waals surface area contributed by atoms with Gasteiger partial charge in [-0.15, -0.1) is 0 Å².